The standard InChI is InChI=1S/C20H20BrN3O5S/c21-17-7-4-15(5-8-17)6-9-19(25)22-23-20(26)16-2-1-3-18(14-16)30(27,28)24-10-12-29-13-11-24/h1-9,14H,10-13H2,(H,22,25)(H,23,26)/b9-6+. The van der Waals surface area contributed by atoms with E-state index in [2.05, 4.69) is 26.8 Å². The summed E-state index contributed by atoms with van der Waals surface area (Å²) in [6, 6.07) is 13.0. The summed E-state index contributed by atoms with van der Waals surface area (Å²) in [5, 5.41) is 0. The molecule has 1 aliphatic heterocycles. The van der Waals surface area contributed by atoms with E-state index < -0.39 is 21.8 Å². The number of nitrogens with zero attached hydrogens (tertiary/aromatic N) is 1. The van der Waals surface area contributed by atoms with Crippen LogP contribution < -0.4 is 10.9 Å². The Balaban J connectivity index is 1.61. The normalized spacial score (nSPS) is 15.1. The number of sulfonamides is 1. The van der Waals surface area contributed by atoms with Gasteiger partial charge in [0.15, 0.2) is 0 Å². The van der Waals surface area contributed by atoms with E-state index in [4.69, 9.17) is 4.74 Å². The molecule has 10 heteroatoms. The molecule has 8 nitrogen and oxygen atoms in total. The molecule has 0 radical (unpaired) electrons. The minimum atomic E-state index is -3.72. The Kier molecular flexibility index (Phi) is 7.38. The summed E-state index contributed by atoms with van der Waals surface area (Å²) < 4.78 is 32.9. The third-order valence-corrected chi connectivity index (χ3v) is 6.72. The fraction of sp³-hybridized carbons (Fsp3) is 0.200. The van der Waals surface area contributed by atoms with Crippen LogP contribution in [0.4, 0.5) is 0 Å². The third-order valence-electron chi connectivity index (χ3n) is 4.30. The van der Waals surface area contributed by atoms with E-state index in [1.54, 1.807) is 6.08 Å². The highest BCUT2D eigenvalue weighted by molar-refractivity contribution is 9.10. The van der Waals surface area contributed by atoms with E-state index in [9.17, 15) is 18.0 Å². The summed E-state index contributed by atoms with van der Waals surface area (Å²) in [4.78, 5) is 24.3. The van der Waals surface area contributed by atoms with Gasteiger partial charge in [0.05, 0.1) is 18.1 Å². The average Bonchev–Trinajstić information content (AvgIpc) is 2.77. The van der Waals surface area contributed by atoms with Crippen LogP contribution >= 0.6 is 15.9 Å². The third kappa shape index (κ3) is 5.76. The number of carbonyl (C=O) groups is 2. The highest BCUT2D eigenvalue weighted by Gasteiger charge is 2.26. The Labute approximate surface area is 183 Å². The Bertz CT molecular complexity index is 1050. The molecular weight excluding hydrogens is 474 g/mol. The van der Waals surface area contributed by atoms with Crippen LogP contribution in [0, 0.1) is 0 Å². The first-order valence-electron chi connectivity index (χ1n) is 9.08. The van der Waals surface area contributed by atoms with Crippen molar-refractivity contribution in [3.05, 3.63) is 70.2 Å². The van der Waals surface area contributed by atoms with E-state index in [-0.39, 0.29) is 23.5 Å². The van der Waals surface area contributed by atoms with Crippen molar-refractivity contribution in [3.8, 4) is 0 Å². The maximum absolute atomic E-state index is 12.7. The number of morpholine rings is 1. The molecule has 30 heavy (non-hydrogen) atoms. The van der Waals surface area contributed by atoms with Crippen molar-refractivity contribution < 1.29 is 22.7 Å². The monoisotopic (exact) mass is 493 g/mol. The maximum atomic E-state index is 12.7. The topological polar surface area (TPSA) is 105 Å². The molecule has 0 spiro atoms. The zero-order valence-electron chi connectivity index (χ0n) is 15.9. The zero-order chi connectivity index (χ0) is 21.6. The lowest BCUT2D eigenvalue weighted by Crippen LogP contribution is -2.41. The number of hydrazine groups is 1. The molecule has 2 N–H and O–H groups in total. The quantitative estimate of drug-likeness (QED) is 0.489. The Hall–Kier alpha value is -2.53. The van der Waals surface area contributed by atoms with Gasteiger partial charge in [-0.05, 0) is 42.0 Å². The summed E-state index contributed by atoms with van der Waals surface area (Å²) >= 11 is 3.33. The molecule has 1 heterocycles. The zero-order valence-corrected chi connectivity index (χ0v) is 18.3. The SMILES string of the molecule is O=C(/C=C/c1ccc(Br)cc1)NNC(=O)c1cccc(S(=O)(=O)N2CCOCC2)c1. The predicted molar refractivity (Wildman–Crippen MR) is 115 cm³/mol. The van der Waals surface area contributed by atoms with Crippen LogP contribution in [-0.4, -0.2) is 50.8 Å². The first kappa shape index (κ1) is 22.2. The summed E-state index contributed by atoms with van der Waals surface area (Å²) in [5.41, 5.74) is 5.48. The molecule has 158 valence electrons. The fourth-order valence-electron chi connectivity index (χ4n) is 2.71. The van der Waals surface area contributed by atoms with Crippen molar-refractivity contribution >= 4 is 43.8 Å². The number of carbonyl (C=O) groups excluding carboxylic acids is 2. The lowest BCUT2D eigenvalue weighted by Gasteiger charge is -2.26. The second kappa shape index (κ2) is 9.98. The van der Waals surface area contributed by atoms with Crippen LogP contribution in [-0.2, 0) is 19.6 Å². The molecule has 1 saturated heterocycles. The van der Waals surface area contributed by atoms with Crippen molar-refractivity contribution in [3.63, 3.8) is 0 Å². The minimum absolute atomic E-state index is 0.0125. The molecule has 0 saturated carbocycles. The number of benzene rings is 2. The van der Waals surface area contributed by atoms with Gasteiger partial charge >= 0.3 is 0 Å². The molecule has 2 aromatic carbocycles. The number of hydrogen-bond donors (Lipinski definition) is 2. The van der Waals surface area contributed by atoms with Crippen LogP contribution in [0.5, 0.6) is 0 Å². The molecular formula is C20H20BrN3O5S. The van der Waals surface area contributed by atoms with Gasteiger partial charge in [-0.2, -0.15) is 4.31 Å². The van der Waals surface area contributed by atoms with E-state index in [0.717, 1.165) is 10.0 Å². The average molecular weight is 494 g/mol. The highest BCUT2D eigenvalue weighted by atomic mass is 79.9. The molecule has 0 unspecified atom stereocenters. The number of hydrogen-bond acceptors (Lipinski definition) is 5. The van der Waals surface area contributed by atoms with Crippen LogP contribution in [0.3, 0.4) is 0 Å². The summed E-state index contributed by atoms with van der Waals surface area (Å²) in [6.45, 7) is 1.19. The molecule has 2 aromatic rings. The lowest BCUT2D eigenvalue weighted by atomic mass is 10.2. The number of rotatable bonds is 5. The molecule has 1 aliphatic rings. The summed E-state index contributed by atoms with van der Waals surface area (Å²) in [6.07, 6.45) is 2.88. The van der Waals surface area contributed by atoms with E-state index in [0.29, 0.717) is 13.2 Å². The van der Waals surface area contributed by atoms with E-state index >= 15 is 0 Å². The number of ether oxygens (including phenoxy) is 1. The Morgan fingerprint density at radius 3 is 2.43 bits per heavy atom. The minimum Gasteiger partial charge on any atom is -0.379 e. The van der Waals surface area contributed by atoms with Crippen molar-refractivity contribution in [1.82, 2.24) is 15.2 Å². The van der Waals surface area contributed by atoms with E-state index in [1.165, 1.54) is 34.6 Å². The number of halogens is 1. The van der Waals surface area contributed by atoms with Crippen molar-refractivity contribution in [2.75, 3.05) is 26.3 Å². The van der Waals surface area contributed by atoms with Gasteiger partial charge in [-0.15, -0.1) is 0 Å². The first-order chi connectivity index (χ1) is 14.4. The predicted octanol–water partition coefficient (Wildman–Crippen LogP) is 1.94. The van der Waals surface area contributed by atoms with Crippen molar-refractivity contribution in [2.24, 2.45) is 0 Å². The molecule has 0 aromatic heterocycles. The van der Waals surface area contributed by atoms with Gasteiger partial charge in [-0.25, -0.2) is 8.42 Å². The van der Waals surface area contributed by atoms with Crippen LogP contribution in [0.15, 0.2) is 64.0 Å². The smallest absolute Gasteiger partial charge is 0.269 e. The Morgan fingerprint density at radius 2 is 1.73 bits per heavy atom. The second-order valence-corrected chi connectivity index (χ2v) is 9.23. The van der Waals surface area contributed by atoms with Crippen molar-refractivity contribution in [2.45, 2.75) is 4.90 Å². The van der Waals surface area contributed by atoms with E-state index in [1.807, 2.05) is 24.3 Å². The fourth-order valence-corrected chi connectivity index (χ4v) is 4.43. The molecule has 0 atom stereocenters. The molecule has 1 fully saturated rings. The largest absolute Gasteiger partial charge is 0.379 e. The summed E-state index contributed by atoms with van der Waals surface area (Å²) in [5.74, 6) is -1.15. The summed E-state index contributed by atoms with van der Waals surface area (Å²) in [7, 11) is -3.72. The van der Waals surface area contributed by atoms with Gasteiger partial charge in [-0.3, -0.25) is 20.4 Å². The van der Waals surface area contributed by atoms with Gasteiger partial charge in [-0.1, -0.05) is 34.1 Å². The molecule has 2 amide bonds. The van der Waals surface area contributed by atoms with Crippen LogP contribution in [0.1, 0.15) is 15.9 Å². The van der Waals surface area contributed by atoms with Gasteiger partial charge in [0.25, 0.3) is 11.8 Å². The Morgan fingerprint density at radius 1 is 1.03 bits per heavy atom. The number of nitrogens with one attached hydrogen (secondary N) is 2. The lowest BCUT2D eigenvalue weighted by molar-refractivity contribution is -0.117. The van der Waals surface area contributed by atoms with Crippen LogP contribution in [0.2, 0.25) is 0 Å². The van der Waals surface area contributed by atoms with Gasteiger partial charge in [0, 0.05) is 29.2 Å². The van der Waals surface area contributed by atoms with Crippen LogP contribution in [0.25, 0.3) is 6.08 Å². The van der Waals surface area contributed by atoms with Gasteiger partial charge in [0.1, 0.15) is 0 Å². The highest BCUT2D eigenvalue weighted by Crippen LogP contribution is 2.18. The van der Waals surface area contributed by atoms with Crippen molar-refractivity contribution in [1.29, 1.82) is 0 Å². The maximum Gasteiger partial charge on any atom is 0.269 e. The number of amides is 2. The molecule has 0 aliphatic carbocycles. The molecule has 3 rings (SSSR count). The van der Waals surface area contributed by atoms with Gasteiger partial charge < -0.3 is 4.74 Å². The van der Waals surface area contributed by atoms with Gasteiger partial charge in [0.2, 0.25) is 10.0 Å². The molecule has 0 bridgehead atoms. The second-order valence-electron chi connectivity index (χ2n) is 6.37. The first-order valence-corrected chi connectivity index (χ1v) is 11.3.